The maximum Gasteiger partial charge on any atom is 0.262 e. The van der Waals surface area contributed by atoms with Crippen LogP contribution in [0.1, 0.15) is 39.0 Å². The predicted molar refractivity (Wildman–Crippen MR) is 102 cm³/mol. The van der Waals surface area contributed by atoms with Gasteiger partial charge in [-0.15, -0.1) is 0 Å². The summed E-state index contributed by atoms with van der Waals surface area (Å²) < 4.78 is 30.6. The van der Waals surface area contributed by atoms with Crippen LogP contribution >= 0.6 is 11.6 Å². The summed E-state index contributed by atoms with van der Waals surface area (Å²) in [5.41, 5.74) is 0.333. The van der Waals surface area contributed by atoms with Crippen molar-refractivity contribution in [3.05, 3.63) is 17.2 Å². The van der Waals surface area contributed by atoms with Crippen LogP contribution in [0.4, 0.5) is 5.69 Å². The van der Waals surface area contributed by atoms with Crippen molar-refractivity contribution in [1.82, 2.24) is 5.32 Å². The van der Waals surface area contributed by atoms with Crippen LogP contribution in [-0.2, 0) is 19.4 Å². The van der Waals surface area contributed by atoms with Crippen LogP contribution < -0.4 is 15.4 Å². The third-order valence-corrected chi connectivity index (χ3v) is 7.23. The van der Waals surface area contributed by atoms with Crippen molar-refractivity contribution in [1.29, 1.82) is 0 Å². The molecule has 0 spiro atoms. The van der Waals surface area contributed by atoms with Gasteiger partial charge in [0, 0.05) is 18.5 Å². The lowest BCUT2D eigenvalue weighted by Crippen LogP contribution is -2.41. The minimum absolute atomic E-state index is 0.0131. The molecule has 0 saturated heterocycles. The Balaban J connectivity index is 1.66. The van der Waals surface area contributed by atoms with Gasteiger partial charge in [0.1, 0.15) is 5.75 Å². The molecule has 0 unspecified atom stereocenters. The van der Waals surface area contributed by atoms with Gasteiger partial charge in [-0.1, -0.05) is 31.4 Å². The standard InChI is InChI=1S/C18H23ClN2O5S/c1-11-4-2-3-5-13(11)20-17(22)6-7-27(24,25)16-9-15-14(8-12(16)19)21-18(23)10-26-15/h8-9,11,13H,2-7,10H2,1H3,(H,20,22)(H,21,23)/t11-,13+/m0/s1. The number of hydrogen-bond acceptors (Lipinski definition) is 5. The number of carbonyl (C=O) groups is 2. The van der Waals surface area contributed by atoms with Gasteiger partial charge in [-0.05, 0) is 24.8 Å². The summed E-state index contributed by atoms with van der Waals surface area (Å²) in [7, 11) is -3.77. The van der Waals surface area contributed by atoms with Crippen molar-refractivity contribution in [2.24, 2.45) is 5.92 Å². The van der Waals surface area contributed by atoms with Crippen molar-refractivity contribution >= 4 is 38.9 Å². The van der Waals surface area contributed by atoms with Gasteiger partial charge in [0.25, 0.3) is 5.91 Å². The normalized spacial score (nSPS) is 22.4. The largest absolute Gasteiger partial charge is 0.482 e. The first-order chi connectivity index (χ1) is 12.8. The summed E-state index contributed by atoms with van der Waals surface area (Å²) in [6.07, 6.45) is 4.12. The van der Waals surface area contributed by atoms with E-state index in [0.29, 0.717) is 11.6 Å². The Bertz CT molecular complexity index is 856. The van der Waals surface area contributed by atoms with Crippen molar-refractivity contribution < 1.29 is 22.7 Å². The van der Waals surface area contributed by atoms with Crippen LogP contribution in [0.25, 0.3) is 0 Å². The first-order valence-electron chi connectivity index (χ1n) is 9.04. The highest BCUT2D eigenvalue weighted by molar-refractivity contribution is 7.91. The summed E-state index contributed by atoms with van der Waals surface area (Å²) in [6.45, 7) is 1.92. The molecule has 0 radical (unpaired) electrons. The number of benzene rings is 1. The first kappa shape index (κ1) is 19.9. The summed E-state index contributed by atoms with van der Waals surface area (Å²) in [6, 6.07) is 2.76. The monoisotopic (exact) mass is 414 g/mol. The quantitative estimate of drug-likeness (QED) is 0.770. The Kier molecular flexibility index (Phi) is 5.95. The zero-order valence-electron chi connectivity index (χ0n) is 15.1. The second-order valence-corrected chi connectivity index (χ2v) is 9.61. The molecule has 0 bridgehead atoms. The Morgan fingerprint density at radius 2 is 2.07 bits per heavy atom. The van der Waals surface area contributed by atoms with E-state index in [2.05, 4.69) is 17.6 Å². The molecule has 1 aromatic rings. The van der Waals surface area contributed by atoms with Crippen LogP contribution in [0.3, 0.4) is 0 Å². The molecule has 2 N–H and O–H groups in total. The summed E-state index contributed by atoms with van der Waals surface area (Å²) >= 11 is 6.10. The highest BCUT2D eigenvalue weighted by Gasteiger charge is 2.27. The number of fused-ring (bicyclic) bond motifs is 1. The minimum atomic E-state index is -3.77. The van der Waals surface area contributed by atoms with E-state index in [1.807, 2.05) is 0 Å². The molecule has 2 amide bonds. The number of amides is 2. The fraction of sp³-hybridized carbons (Fsp3) is 0.556. The maximum absolute atomic E-state index is 12.7. The third kappa shape index (κ3) is 4.73. The fourth-order valence-corrected chi connectivity index (χ4v) is 5.30. The minimum Gasteiger partial charge on any atom is -0.482 e. The van der Waals surface area contributed by atoms with E-state index in [-0.39, 0.29) is 52.3 Å². The molecule has 7 nitrogen and oxygen atoms in total. The smallest absolute Gasteiger partial charge is 0.262 e. The first-order valence-corrected chi connectivity index (χ1v) is 11.1. The van der Waals surface area contributed by atoms with Gasteiger partial charge in [0.2, 0.25) is 5.91 Å². The summed E-state index contributed by atoms with van der Waals surface area (Å²) in [5.74, 6) is -0.289. The van der Waals surface area contributed by atoms with Gasteiger partial charge < -0.3 is 15.4 Å². The van der Waals surface area contributed by atoms with E-state index in [4.69, 9.17) is 16.3 Å². The van der Waals surface area contributed by atoms with Crippen LogP contribution in [0, 0.1) is 5.92 Å². The Morgan fingerprint density at radius 3 is 2.81 bits per heavy atom. The Labute approximate surface area is 163 Å². The number of sulfone groups is 1. The highest BCUT2D eigenvalue weighted by atomic mass is 35.5. The van der Waals surface area contributed by atoms with Crippen molar-refractivity contribution in [2.75, 3.05) is 17.7 Å². The number of rotatable bonds is 5. The number of ether oxygens (including phenoxy) is 1. The second-order valence-electron chi connectivity index (χ2n) is 7.12. The maximum atomic E-state index is 12.7. The molecule has 1 aliphatic carbocycles. The van der Waals surface area contributed by atoms with Crippen LogP contribution in [0.15, 0.2) is 17.0 Å². The summed E-state index contributed by atoms with van der Waals surface area (Å²) in [4.78, 5) is 23.4. The Hall–Kier alpha value is -1.80. The number of nitrogens with one attached hydrogen (secondary N) is 2. The lowest BCUT2D eigenvalue weighted by Gasteiger charge is -2.29. The van der Waals surface area contributed by atoms with Gasteiger partial charge in [-0.2, -0.15) is 0 Å². The van der Waals surface area contributed by atoms with E-state index in [0.717, 1.165) is 19.3 Å². The number of halogens is 1. The molecular weight excluding hydrogens is 392 g/mol. The zero-order valence-corrected chi connectivity index (χ0v) is 16.7. The molecule has 9 heteroatoms. The third-order valence-electron chi connectivity index (χ3n) is 5.06. The van der Waals surface area contributed by atoms with E-state index in [1.165, 1.54) is 18.6 Å². The van der Waals surface area contributed by atoms with E-state index in [9.17, 15) is 18.0 Å². The van der Waals surface area contributed by atoms with E-state index < -0.39 is 9.84 Å². The average molecular weight is 415 g/mol. The van der Waals surface area contributed by atoms with E-state index >= 15 is 0 Å². The van der Waals surface area contributed by atoms with Crippen molar-refractivity contribution in [3.8, 4) is 5.75 Å². The molecule has 148 valence electrons. The Morgan fingerprint density at radius 1 is 1.33 bits per heavy atom. The SMILES string of the molecule is C[C@H]1CCCC[C@H]1NC(=O)CCS(=O)(=O)c1cc2c(cc1Cl)NC(=O)CO2. The van der Waals surface area contributed by atoms with Gasteiger partial charge in [0.15, 0.2) is 16.4 Å². The molecule has 1 fully saturated rings. The molecule has 1 saturated carbocycles. The molecule has 1 heterocycles. The van der Waals surface area contributed by atoms with Crippen LogP contribution in [0.2, 0.25) is 5.02 Å². The topological polar surface area (TPSA) is 102 Å². The highest BCUT2D eigenvalue weighted by Crippen LogP contribution is 2.36. The predicted octanol–water partition coefficient (Wildman–Crippen LogP) is 2.53. The number of hydrogen-bond donors (Lipinski definition) is 2. The lowest BCUT2D eigenvalue weighted by molar-refractivity contribution is -0.122. The molecule has 1 aromatic carbocycles. The zero-order chi connectivity index (χ0) is 19.6. The van der Waals surface area contributed by atoms with Gasteiger partial charge in [-0.3, -0.25) is 9.59 Å². The molecule has 3 rings (SSSR count). The molecular formula is C18H23ClN2O5S. The van der Waals surface area contributed by atoms with E-state index in [1.54, 1.807) is 0 Å². The molecule has 1 aliphatic heterocycles. The number of carbonyl (C=O) groups excluding carboxylic acids is 2. The average Bonchev–Trinajstić information content (AvgIpc) is 2.61. The molecule has 2 aliphatic rings. The molecule has 27 heavy (non-hydrogen) atoms. The molecule has 2 atom stereocenters. The molecule has 0 aromatic heterocycles. The van der Waals surface area contributed by atoms with Crippen molar-refractivity contribution in [3.63, 3.8) is 0 Å². The van der Waals surface area contributed by atoms with Gasteiger partial charge in [-0.25, -0.2) is 8.42 Å². The second kappa shape index (κ2) is 8.06. The lowest BCUT2D eigenvalue weighted by atomic mass is 9.86. The van der Waals surface area contributed by atoms with Crippen LogP contribution in [0.5, 0.6) is 5.75 Å². The number of anilines is 1. The van der Waals surface area contributed by atoms with Crippen LogP contribution in [-0.4, -0.2) is 38.6 Å². The summed E-state index contributed by atoms with van der Waals surface area (Å²) in [5, 5.41) is 5.51. The van der Waals surface area contributed by atoms with Gasteiger partial charge in [0.05, 0.1) is 21.4 Å². The van der Waals surface area contributed by atoms with Gasteiger partial charge >= 0.3 is 0 Å². The fourth-order valence-electron chi connectivity index (χ4n) is 3.47. The van der Waals surface area contributed by atoms with Crippen molar-refractivity contribution in [2.45, 2.75) is 50.0 Å².